The van der Waals surface area contributed by atoms with Crippen LogP contribution in [0, 0.1) is 0 Å². The van der Waals surface area contributed by atoms with Crippen LogP contribution in [0.5, 0.6) is 5.88 Å². The van der Waals surface area contributed by atoms with Crippen molar-refractivity contribution in [3.8, 4) is 5.88 Å². The van der Waals surface area contributed by atoms with Crippen molar-refractivity contribution in [3.63, 3.8) is 0 Å². The maximum Gasteiger partial charge on any atom is 0.416 e. The number of ether oxygens (including phenoxy) is 2. The molecule has 0 aliphatic carbocycles. The highest BCUT2D eigenvalue weighted by Gasteiger charge is 2.34. The number of amides is 1. The molecule has 1 amide bonds. The van der Waals surface area contributed by atoms with Gasteiger partial charge in [-0.2, -0.15) is 13.2 Å². The maximum atomic E-state index is 12.5. The van der Waals surface area contributed by atoms with Crippen LogP contribution in [-0.2, 0) is 15.7 Å². The van der Waals surface area contributed by atoms with Gasteiger partial charge in [-0.1, -0.05) is 0 Å². The molecule has 2 heterocycles. The number of carbonyl (C=O) groups excluding carboxylic acids is 1. The van der Waals surface area contributed by atoms with Crippen LogP contribution in [-0.4, -0.2) is 48.7 Å². The first kappa shape index (κ1) is 14.6. The quantitative estimate of drug-likeness (QED) is 0.839. The number of methoxy groups -OCH3 is 1. The Hall–Kier alpha value is -1.83. The topological polar surface area (TPSA) is 51.7 Å². The van der Waals surface area contributed by atoms with Gasteiger partial charge in [0.05, 0.1) is 18.7 Å². The molecule has 2 rings (SSSR count). The van der Waals surface area contributed by atoms with Gasteiger partial charge in [0.2, 0.25) is 11.8 Å². The van der Waals surface area contributed by atoms with Gasteiger partial charge in [0.1, 0.15) is 12.7 Å². The summed E-state index contributed by atoms with van der Waals surface area (Å²) in [7, 11) is 1.41. The van der Waals surface area contributed by atoms with Crippen LogP contribution in [0.1, 0.15) is 5.56 Å². The summed E-state index contributed by atoms with van der Waals surface area (Å²) in [5.74, 6) is -0.270. The van der Waals surface area contributed by atoms with Crippen LogP contribution in [0.2, 0.25) is 0 Å². The molecule has 5 nitrogen and oxygen atoms in total. The molecule has 0 spiro atoms. The van der Waals surface area contributed by atoms with Crippen LogP contribution >= 0.6 is 0 Å². The lowest BCUT2D eigenvalue weighted by Crippen LogP contribution is -2.57. The zero-order valence-electron chi connectivity index (χ0n) is 10.7. The van der Waals surface area contributed by atoms with Crippen molar-refractivity contribution in [1.29, 1.82) is 0 Å². The number of hydrogen-bond acceptors (Lipinski definition) is 4. The number of aromatic nitrogens is 1. The van der Waals surface area contributed by atoms with E-state index in [1.54, 1.807) is 0 Å². The van der Waals surface area contributed by atoms with E-state index in [0.29, 0.717) is 13.1 Å². The lowest BCUT2D eigenvalue weighted by atomic mass is 10.1. The first-order valence-electron chi connectivity index (χ1n) is 5.87. The highest BCUT2D eigenvalue weighted by atomic mass is 19.4. The molecule has 20 heavy (non-hydrogen) atoms. The molecular formula is C12H13F3N2O3. The van der Waals surface area contributed by atoms with Crippen LogP contribution < -0.4 is 4.74 Å². The zero-order chi connectivity index (χ0) is 14.8. The summed E-state index contributed by atoms with van der Waals surface area (Å²) in [6.45, 7) is 0.620. The van der Waals surface area contributed by atoms with Crippen molar-refractivity contribution >= 4 is 5.91 Å². The molecule has 1 fully saturated rings. The highest BCUT2D eigenvalue weighted by molar-refractivity contribution is 5.78. The lowest BCUT2D eigenvalue weighted by molar-refractivity contribution is -0.144. The van der Waals surface area contributed by atoms with Gasteiger partial charge < -0.3 is 14.4 Å². The lowest BCUT2D eigenvalue weighted by Gasteiger charge is -2.38. The molecule has 1 aromatic heterocycles. The Bertz CT molecular complexity index is 487. The number of pyridine rings is 1. The average molecular weight is 290 g/mol. The molecule has 1 aliphatic heterocycles. The second-order valence-electron chi connectivity index (χ2n) is 4.35. The highest BCUT2D eigenvalue weighted by Crippen LogP contribution is 2.30. The zero-order valence-corrected chi connectivity index (χ0v) is 10.7. The maximum absolute atomic E-state index is 12.5. The Kier molecular flexibility index (Phi) is 4.12. The molecule has 1 aliphatic rings. The summed E-state index contributed by atoms with van der Waals surface area (Å²) >= 11 is 0. The van der Waals surface area contributed by atoms with E-state index in [-0.39, 0.29) is 24.5 Å². The smallest absolute Gasteiger partial charge is 0.416 e. The van der Waals surface area contributed by atoms with Gasteiger partial charge in [-0.25, -0.2) is 4.98 Å². The normalized spacial score (nSPS) is 15.9. The van der Waals surface area contributed by atoms with Crippen LogP contribution in [0.15, 0.2) is 18.3 Å². The molecule has 1 saturated heterocycles. The summed E-state index contributed by atoms with van der Waals surface area (Å²) < 4.78 is 47.5. The second-order valence-corrected chi connectivity index (χ2v) is 4.35. The molecule has 8 heteroatoms. The molecule has 0 atom stereocenters. The van der Waals surface area contributed by atoms with E-state index in [4.69, 9.17) is 9.47 Å². The first-order chi connectivity index (χ1) is 9.40. The van der Waals surface area contributed by atoms with Crippen molar-refractivity contribution in [2.75, 3.05) is 26.8 Å². The average Bonchev–Trinajstić information content (AvgIpc) is 2.33. The number of nitrogens with zero attached hydrogens (tertiary/aromatic N) is 2. The van der Waals surface area contributed by atoms with Gasteiger partial charge in [-0.3, -0.25) is 4.79 Å². The van der Waals surface area contributed by atoms with E-state index in [1.807, 2.05) is 0 Å². The Labute approximate surface area is 113 Å². The van der Waals surface area contributed by atoms with E-state index in [1.165, 1.54) is 12.0 Å². The van der Waals surface area contributed by atoms with Gasteiger partial charge >= 0.3 is 6.18 Å². The molecule has 0 bridgehead atoms. The van der Waals surface area contributed by atoms with E-state index in [0.717, 1.165) is 18.3 Å². The molecule has 110 valence electrons. The third-order valence-electron chi connectivity index (χ3n) is 2.82. The van der Waals surface area contributed by atoms with E-state index in [2.05, 4.69) is 4.98 Å². The Morgan fingerprint density at radius 3 is 2.80 bits per heavy atom. The van der Waals surface area contributed by atoms with Gasteiger partial charge in [-0.05, 0) is 6.07 Å². The van der Waals surface area contributed by atoms with E-state index < -0.39 is 11.7 Å². The van der Waals surface area contributed by atoms with Gasteiger partial charge in [0.15, 0.2) is 0 Å². The number of hydrogen-bond donors (Lipinski definition) is 0. The molecular weight excluding hydrogens is 277 g/mol. The predicted molar refractivity (Wildman–Crippen MR) is 62.1 cm³/mol. The fourth-order valence-electron chi connectivity index (χ4n) is 1.75. The molecule has 0 N–H and O–H groups in total. The molecule has 0 aromatic carbocycles. The number of carbonyl (C=O) groups is 1. The number of rotatable bonds is 4. The SMILES string of the molecule is COCC(=O)N1CC(Oc2cc(C(F)(F)F)ccn2)C1. The molecule has 0 unspecified atom stereocenters. The van der Waals surface area contributed by atoms with Crippen molar-refractivity contribution in [2.24, 2.45) is 0 Å². The fourth-order valence-corrected chi connectivity index (χ4v) is 1.75. The van der Waals surface area contributed by atoms with Gasteiger partial charge in [-0.15, -0.1) is 0 Å². The Morgan fingerprint density at radius 2 is 2.20 bits per heavy atom. The number of halogens is 3. The third-order valence-corrected chi connectivity index (χ3v) is 2.82. The molecule has 1 aromatic rings. The largest absolute Gasteiger partial charge is 0.471 e. The van der Waals surface area contributed by atoms with Crippen molar-refractivity contribution < 1.29 is 27.4 Å². The van der Waals surface area contributed by atoms with Crippen LogP contribution in [0.3, 0.4) is 0 Å². The number of likely N-dealkylation sites (tertiary alicyclic amines) is 1. The fraction of sp³-hybridized carbons (Fsp3) is 0.500. The summed E-state index contributed by atoms with van der Waals surface area (Å²) in [6, 6.07) is 1.72. The third kappa shape index (κ3) is 3.38. The standard InChI is InChI=1S/C12H13F3N2O3/c1-19-7-11(18)17-5-9(6-17)20-10-4-8(2-3-16-10)12(13,14)15/h2-4,9H,5-7H2,1H3. The predicted octanol–water partition coefficient (Wildman–Crippen LogP) is 1.34. The van der Waals surface area contributed by atoms with Crippen molar-refractivity contribution in [1.82, 2.24) is 9.88 Å². The minimum absolute atomic E-state index is 0.0193. The first-order valence-corrected chi connectivity index (χ1v) is 5.87. The minimum Gasteiger partial charge on any atom is -0.471 e. The van der Waals surface area contributed by atoms with Gasteiger partial charge in [0.25, 0.3) is 0 Å². The van der Waals surface area contributed by atoms with E-state index >= 15 is 0 Å². The molecule has 0 saturated carbocycles. The van der Waals surface area contributed by atoms with Crippen molar-refractivity contribution in [2.45, 2.75) is 12.3 Å². The second kappa shape index (κ2) is 5.66. The summed E-state index contributed by atoms with van der Waals surface area (Å²) in [5, 5.41) is 0. The van der Waals surface area contributed by atoms with Crippen molar-refractivity contribution in [3.05, 3.63) is 23.9 Å². The minimum atomic E-state index is -4.43. The monoisotopic (exact) mass is 290 g/mol. The van der Waals surface area contributed by atoms with E-state index in [9.17, 15) is 18.0 Å². The number of alkyl halides is 3. The summed E-state index contributed by atoms with van der Waals surface area (Å²) in [4.78, 5) is 16.6. The van der Waals surface area contributed by atoms with Gasteiger partial charge in [0, 0.05) is 19.4 Å². The van der Waals surface area contributed by atoms with Crippen LogP contribution in [0.25, 0.3) is 0 Å². The summed E-state index contributed by atoms with van der Waals surface area (Å²) in [5.41, 5.74) is -0.811. The Balaban J connectivity index is 1.89. The van der Waals surface area contributed by atoms with Crippen LogP contribution in [0.4, 0.5) is 13.2 Å². The Morgan fingerprint density at radius 1 is 1.50 bits per heavy atom. The molecule has 0 radical (unpaired) electrons. The summed E-state index contributed by atoms with van der Waals surface area (Å²) in [6.07, 6.45) is -3.72.